The number of benzene rings is 1. The van der Waals surface area contributed by atoms with Gasteiger partial charge in [-0.25, -0.2) is 4.79 Å². The molecule has 100 valence electrons. The summed E-state index contributed by atoms with van der Waals surface area (Å²) in [6.07, 6.45) is 0. The van der Waals surface area contributed by atoms with Gasteiger partial charge in [-0.1, -0.05) is 11.6 Å². The zero-order valence-electron chi connectivity index (χ0n) is 9.91. The van der Waals surface area contributed by atoms with Crippen LogP contribution in [0.3, 0.4) is 0 Å². The van der Waals surface area contributed by atoms with Crippen molar-refractivity contribution in [2.75, 3.05) is 0 Å². The van der Waals surface area contributed by atoms with Crippen LogP contribution in [0.2, 0.25) is 5.02 Å². The number of carbonyl (C=O) groups is 1. The minimum atomic E-state index is -1.03. The second-order valence-corrected chi connectivity index (χ2v) is 5.13. The molecule has 0 atom stereocenters. The minimum absolute atomic E-state index is 0.0617. The molecule has 0 aliphatic rings. The summed E-state index contributed by atoms with van der Waals surface area (Å²) in [6.45, 7) is 1.71. The summed E-state index contributed by atoms with van der Waals surface area (Å²) in [4.78, 5) is 11.1. The van der Waals surface area contributed by atoms with Gasteiger partial charge < -0.3 is 9.84 Å². The van der Waals surface area contributed by atoms with Crippen LogP contribution >= 0.6 is 27.5 Å². The van der Waals surface area contributed by atoms with Gasteiger partial charge in [-0.2, -0.15) is 5.10 Å². The number of nitrogens with zero attached hydrogens (tertiary/aromatic N) is 1. The molecule has 2 rings (SSSR count). The fourth-order valence-corrected chi connectivity index (χ4v) is 2.40. The zero-order valence-corrected chi connectivity index (χ0v) is 12.2. The highest BCUT2D eigenvalue weighted by Crippen LogP contribution is 2.28. The Morgan fingerprint density at radius 3 is 2.95 bits per heavy atom. The van der Waals surface area contributed by atoms with Gasteiger partial charge in [-0.15, -0.1) is 0 Å². The lowest BCUT2D eigenvalue weighted by atomic mass is 10.2. The van der Waals surface area contributed by atoms with Crippen molar-refractivity contribution in [2.45, 2.75) is 13.5 Å². The fourth-order valence-electron chi connectivity index (χ4n) is 1.61. The molecule has 1 heterocycles. The number of H-pyrrole nitrogens is 1. The van der Waals surface area contributed by atoms with Gasteiger partial charge in [0.2, 0.25) is 0 Å². The van der Waals surface area contributed by atoms with Gasteiger partial charge in [0.1, 0.15) is 23.6 Å². The van der Waals surface area contributed by atoms with Crippen molar-refractivity contribution >= 4 is 33.5 Å². The monoisotopic (exact) mass is 344 g/mol. The van der Waals surface area contributed by atoms with Gasteiger partial charge in [0.05, 0.1) is 4.47 Å². The van der Waals surface area contributed by atoms with Crippen LogP contribution in [0.1, 0.15) is 21.7 Å². The summed E-state index contributed by atoms with van der Waals surface area (Å²) < 4.78 is 6.23. The maximum absolute atomic E-state index is 11.1. The molecule has 0 spiro atoms. The summed E-state index contributed by atoms with van der Waals surface area (Å²) in [5.41, 5.74) is 0.998. The van der Waals surface area contributed by atoms with Crippen molar-refractivity contribution in [3.8, 4) is 5.75 Å². The number of carboxylic acids is 1. The van der Waals surface area contributed by atoms with E-state index in [0.29, 0.717) is 26.6 Å². The second-order valence-electron chi connectivity index (χ2n) is 3.84. The Balaban J connectivity index is 2.17. The third-order valence-electron chi connectivity index (χ3n) is 2.49. The maximum atomic E-state index is 11.1. The van der Waals surface area contributed by atoms with Crippen molar-refractivity contribution in [2.24, 2.45) is 0 Å². The van der Waals surface area contributed by atoms with Crippen molar-refractivity contribution in [1.82, 2.24) is 10.2 Å². The van der Waals surface area contributed by atoms with E-state index in [1.54, 1.807) is 25.1 Å². The standard InChI is InChI=1S/C12H10BrClN2O3/c1-6-11(12(17)18)9(16-15-6)5-19-10-3-2-7(14)4-8(10)13/h2-4H,5H2,1H3,(H,15,16)(H,17,18). The lowest BCUT2D eigenvalue weighted by molar-refractivity contribution is 0.0693. The van der Waals surface area contributed by atoms with Crippen LogP contribution in [-0.4, -0.2) is 21.3 Å². The van der Waals surface area contributed by atoms with Gasteiger partial charge in [-0.05, 0) is 41.1 Å². The van der Waals surface area contributed by atoms with E-state index in [1.807, 2.05) is 0 Å². The SMILES string of the molecule is Cc1[nH]nc(COc2ccc(Cl)cc2Br)c1C(=O)O. The average Bonchev–Trinajstić information content (AvgIpc) is 2.69. The number of aromatic nitrogens is 2. The molecule has 7 heteroatoms. The van der Waals surface area contributed by atoms with Crippen LogP contribution in [0.5, 0.6) is 5.75 Å². The van der Waals surface area contributed by atoms with E-state index < -0.39 is 5.97 Å². The Kier molecular flexibility index (Phi) is 4.11. The molecule has 2 aromatic rings. The summed E-state index contributed by atoms with van der Waals surface area (Å²) >= 11 is 9.14. The Morgan fingerprint density at radius 1 is 1.58 bits per heavy atom. The summed E-state index contributed by atoms with van der Waals surface area (Å²) in [5, 5.41) is 16.2. The quantitative estimate of drug-likeness (QED) is 0.890. The van der Waals surface area contributed by atoms with Crippen LogP contribution in [-0.2, 0) is 6.61 Å². The van der Waals surface area contributed by atoms with E-state index in [2.05, 4.69) is 26.1 Å². The number of hydrogen-bond donors (Lipinski definition) is 2. The summed E-state index contributed by atoms with van der Waals surface area (Å²) in [7, 11) is 0. The van der Waals surface area contributed by atoms with E-state index >= 15 is 0 Å². The second kappa shape index (κ2) is 5.63. The lowest BCUT2D eigenvalue weighted by Crippen LogP contribution is -2.05. The van der Waals surface area contributed by atoms with Crippen LogP contribution in [0.15, 0.2) is 22.7 Å². The van der Waals surface area contributed by atoms with E-state index in [4.69, 9.17) is 21.4 Å². The Labute approximate surface area is 122 Å². The Morgan fingerprint density at radius 2 is 2.32 bits per heavy atom. The fraction of sp³-hybridized carbons (Fsp3) is 0.167. The number of aromatic amines is 1. The van der Waals surface area contributed by atoms with Crippen LogP contribution in [0, 0.1) is 6.92 Å². The Bertz CT molecular complexity index is 627. The van der Waals surface area contributed by atoms with Crippen LogP contribution < -0.4 is 4.74 Å². The maximum Gasteiger partial charge on any atom is 0.339 e. The molecule has 0 bridgehead atoms. The largest absolute Gasteiger partial charge is 0.486 e. The lowest BCUT2D eigenvalue weighted by Gasteiger charge is -2.07. The zero-order chi connectivity index (χ0) is 14.0. The first-order valence-corrected chi connectivity index (χ1v) is 6.51. The first-order valence-electron chi connectivity index (χ1n) is 5.34. The molecule has 0 fully saturated rings. The van der Waals surface area contributed by atoms with Crippen molar-refractivity contribution in [3.05, 3.63) is 44.6 Å². The number of nitrogens with one attached hydrogen (secondary N) is 1. The first kappa shape index (κ1) is 13.9. The topological polar surface area (TPSA) is 75.2 Å². The molecule has 0 saturated carbocycles. The van der Waals surface area contributed by atoms with Gasteiger partial charge in [0.25, 0.3) is 0 Å². The molecular weight excluding hydrogens is 336 g/mol. The van der Waals surface area contributed by atoms with Gasteiger partial charge >= 0.3 is 5.97 Å². The molecule has 2 N–H and O–H groups in total. The highest BCUT2D eigenvalue weighted by molar-refractivity contribution is 9.10. The minimum Gasteiger partial charge on any atom is -0.486 e. The average molecular weight is 346 g/mol. The Hall–Kier alpha value is -1.53. The molecule has 0 radical (unpaired) electrons. The summed E-state index contributed by atoms with van der Waals surface area (Å²) in [5.74, 6) is -0.457. The number of carboxylic acid groups (broad SMARTS) is 1. The van der Waals surface area contributed by atoms with Gasteiger partial charge in [0, 0.05) is 10.7 Å². The smallest absolute Gasteiger partial charge is 0.339 e. The molecule has 0 unspecified atom stereocenters. The van der Waals surface area contributed by atoms with Crippen LogP contribution in [0.25, 0.3) is 0 Å². The van der Waals surface area contributed by atoms with Crippen molar-refractivity contribution in [3.63, 3.8) is 0 Å². The molecule has 0 aliphatic carbocycles. The van der Waals surface area contributed by atoms with Gasteiger partial charge in [-0.3, -0.25) is 5.10 Å². The third-order valence-corrected chi connectivity index (χ3v) is 3.35. The molecule has 0 aliphatic heterocycles. The predicted molar refractivity (Wildman–Crippen MR) is 73.8 cm³/mol. The highest BCUT2D eigenvalue weighted by Gasteiger charge is 2.17. The third kappa shape index (κ3) is 3.08. The number of rotatable bonds is 4. The van der Waals surface area contributed by atoms with E-state index in [-0.39, 0.29) is 12.2 Å². The van der Waals surface area contributed by atoms with Crippen molar-refractivity contribution in [1.29, 1.82) is 0 Å². The highest BCUT2D eigenvalue weighted by atomic mass is 79.9. The number of ether oxygens (including phenoxy) is 1. The van der Waals surface area contributed by atoms with E-state index in [1.165, 1.54) is 0 Å². The van der Waals surface area contributed by atoms with E-state index in [9.17, 15) is 4.79 Å². The van der Waals surface area contributed by atoms with Crippen molar-refractivity contribution < 1.29 is 14.6 Å². The van der Waals surface area contributed by atoms with E-state index in [0.717, 1.165) is 0 Å². The molecule has 0 saturated heterocycles. The number of hydrogen-bond acceptors (Lipinski definition) is 3. The van der Waals surface area contributed by atoms with Crippen LogP contribution in [0.4, 0.5) is 0 Å². The number of halogens is 2. The first-order chi connectivity index (χ1) is 8.99. The summed E-state index contributed by atoms with van der Waals surface area (Å²) in [6, 6.07) is 5.09. The van der Waals surface area contributed by atoms with Gasteiger partial charge in [0.15, 0.2) is 0 Å². The molecule has 1 aromatic carbocycles. The molecule has 5 nitrogen and oxygen atoms in total. The number of aromatic carboxylic acids is 1. The predicted octanol–water partition coefficient (Wildman–Crippen LogP) is 3.41. The molecule has 0 amide bonds. The molecular formula is C12H10BrClN2O3. The number of aryl methyl sites for hydroxylation is 1. The molecule has 1 aromatic heterocycles. The molecule has 19 heavy (non-hydrogen) atoms. The normalized spacial score (nSPS) is 10.5.